The monoisotopic (exact) mass is 196 g/mol. The average Bonchev–Trinajstić information content (AvgIpc) is 2.15. The van der Waals surface area contributed by atoms with Gasteiger partial charge < -0.3 is 15.5 Å². The number of aliphatic hydroxyl groups is 1. The van der Waals surface area contributed by atoms with E-state index < -0.39 is 6.10 Å². The first-order valence-electron chi connectivity index (χ1n) is 4.90. The fourth-order valence-corrected chi connectivity index (χ4v) is 1.23. The molecule has 1 rings (SSSR count). The zero-order valence-electron chi connectivity index (χ0n) is 8.64. The van der Waals surface area contributed by atoms with Crippen LogP contribution in [0.15, 0.2) is 24.3 Å². The summed E-state index contributed by atoms with van der Waals surface area (Å²) in [6.45, 7) is 4.83. The molecule has 14 heavy (non-hydrogen) atoms. The van der Waals surface area contributed by atoms with Crippen molar-refractivity contribution in [1.29, 1.82) is 0 Å². The third-order valence-corrected chi connectivity index (χ3v) is 2.11. The van der Waals surface area contributed by atoms with Crippen LogP contribution in [0.2, 0.25) is 0 Å². The van der Waals surface area contributed by atoms with Crippen LogP contribution in [-0.2, 0) is 0 Å². The maximum absolute atomic E-state index is 9.75. The lowest BCUT2D eigenvalue weighted by atomic mass is 10.1. The molecule has 4 N–H and O–H groups in total. The van der Waals surface area contributed by atoms with E-state index in [9.17, 15) is 5.11 Å². The molecule has 1 aromatic carbocycles. The summed E-state index contributed by atoms with van der Waals surface area (Å²) in [7, 11) is 0. The molecule has 0 aliphatic rings. The summed E-state index contributed by atoms with van der Waals surface area (Å²) in [5.74, 6) is 0.230. The standard InChI is InChI=1S/C11H17NO2/c1-8(2)12-7-11(14)9-3-5-10(13)6-4-9/h3-6,8,11-14H,7H2,1-2H3/p+1. The van der Waals surface area contributed by atoms with Gasteiger partial charge in [-0.25, -0.2) is 0 Å². The van der Waals surface area contributed by atoms with E-state index in [1.54, 1.807) is 24.3 Å². The molecule has 0 spiro atoms. The molecule has 0 fully saturated rings. The Balaban J connectivity index is 2.52. The van der Waals surface area contributed by atoms with Crippen LogP contribution in [0.25, 0.3) is 0 Å². The summed E-state index contributed by atoms with van der Waals surface area (Å²) in [5, 5.41) is 20.9. The van der Waals surface area contributed by atoms with E-state index in [1.165, 1.54) is 0 Å². The van der Waals surface area contributed by atoms with Crippen LogP contribution in [0, 0.1) is 0 Å². The van der Waals surface area contributed by atoms with Crippen molar-refractivity contribution in [3.05, 3.63) is 29.8 Å². The van der Waals surface area contributed by atoms with Gasteiger partial charge >= 0.3 is 0 Å². The molecular weight excluding hydrogens is 178 g/mol. The highest BCUT2D eigenvalue weighted by Gasteiger charge is 2.09. The predicted molar refractivity (Wildman–Crippen MR) is 55.0 cm³/mol. The van der Waals surface area contributed by atoms with Gasteiger partial charge in [0.1, 0.15) is 18.4 Å². The highest BCUT2D eigenvalue weighted by Crippen LogP contribution is 2.15. The molecule has 3 heteroatoms. The van der Waals surface area contributed by atoms with Gasteiger partial charge in [-0.15, -0.1) is 0 Å². The molecule has 0 saturated heterocycles. The molecule has 0 aliphatic heterocycles. The van der Waals surface area contributed by atoms with Gasteiger partial charge in [0.15, 0.2) is 0 Å². The topological polar surface area (TPSA) is 57.1 Å². The second-order valence-corrected chi connectivity index (χ2v) is 3.82. The zero-order valence-corrected chi connectivity index (χ0v) is 8.64. The molecule has 1 unspecified atom stereocenters. The van der Waals surface area contributed by atoms with E-state index >= 15 is 0 Å². The average molecular weight is 196 g/mol. The summed E-state index contributed by atoms with van der Waals surface area (Å²) >= 11 is 0. The molecule has 0 amide bonds. The largest absolute Gasteiger partial charge is 0.508 e. The van der Waals surface area contributed by atoms with Crippen molar-refractivity contribution in [2.75, 3.05) is 6.54 Å². The van der Waals surface area contributed by atoms with Crippen molar-refractivity contribution in [2.45, 2.75) is 26.0 Å². The van der Waals surface area contributed by atoms with E-state index in [-0.39, 0.29) is 5.75 Å². The first kappa shape index (κ1) is 11.0. The van der Waals surface area contributed by atoms with Crippen LogP contribution in [-0.4, -0.2) is 22.8 Å². The van der Waals surface area contributed by atoms with Gasteiger partial charge in [-0.2, -0.15) is 0 Å². The van der Waals surface area contributed by atoms with Crippen LogP contribution in [0.1, 0.15) is 25.5 Å². The van der Waals surface area contributed by atoms with Crippen LogP contribution >= 0.6 is 0 Å². The van der Waals surface area contributed by atoms with Crippen molar-refractivity contribution in [3.8, 4) is 5.75 Å². The minimum atomic E-state index is -0.460. The SMILES string of the molecule is CC(C)[NH2+]CC(O)c1ccc(O)cc1. The Morgan fingerprint density at radius 3 is 2.29 bits per heavy atom. The number of aromatic hydroxyl groups is 1. The zero-order chi connectivity index (χ0) is 10.6. The van der Waals surface area contributed by atoms with Gasteiger partial charge in [0.25, 0.3) is 0 Å². The molecule has 78 valence electrons. The minimum Gasteiger partial charge on any atom is -0.508 e. The lowest BCUT2D eigenvalue weighted by Gasteiger charge is -2.11. The molecule has 1 aromatic rings. The second kappa shape index (κ2) is 4.98. The van der Waals surface area contributed by atoms with Gasteiger partial charge in [0.05, 0.1) is 6.04 Å². The number of aliphatic hydroxyl groups excluding tert-OH is 1. The Morgan fingerprint density at radius 2 is 1.79 bits per heavy atom. The van der Waals surface area contributed by atoms with E-state index in [0.29, 0.717) is 12.6 Å². The molecular formula is C11H18NO2+. The molecule has 0 bridgehead atoms. The molecule has 0 saturated carbocycles. The van der Waals surface area contributed by atoms with Crippen molar-refractivity contribution >= 4 is 0 Å². The van der Waals surface area contributed by atoms with Gasteiger partial charge in [-0.05, 0) is 31.5 Å². The summed E-state index contributed by atoms with van der Waals surface area (Å²) < 4.78 is 0. The number of benzene rings is 1. The number of phenols is 1. The third kappa shape index (κ3) is 3.36. The van der Waals surface area contributed by atoms with E-state index in [1.807, 2.05) is 0 Å². The highest BCUT2D eigenvalue weighted by molar-refractivity contribution is 5.27. The molecule has 3 nitrogen and oxygen atoms in total. The number of nitrogens with two attached hydrogens (primary N) is 1. The Hall–Kier alpha value is -1.06. The van der Waals surface area contributed by atoms with Crippen LogP contribution in [0.4, 0.5) is 0 Å². The van der Waals surface area contributed by atoms with Gasteiger partial charge in [0, 0.05) is 0 Å². The third-order valence-electron chi connectivity index (χ3n) is 2.11. The summed E-state index contributed by atoms with van der Waals surface area (Å²) in [6.07, 6.45) is -0.460. The first-order chi connectivity index (χ1) is 6.59. The summed E-state index contributed by atoms with van der Waals surface area (Å²) in [5.41, 5.74) is 0.847. The number of hydrogen-bond donors (Lipinski definition) is 3. The lowest BCUT2D eigenvalue weighted by molar-refractivity contribution is -0.689. The summed E-state index contributed by atoms with van der Waals surface area (Å²) in [6, 6.07) is 7.16. The predicted octanol–water partition coefficient (Wildman–Crippen LogP) is 0.397. The van der Waals surface area contributed by atoms with Crippen LogP contribution in [0.5, 0.6) is 5.75 Å². The minimum absolute atomic E-state index is 0.230. The molecule has 0 aliphatic carbocycles. The molecule has 0 radical (unpaired) electrons. The maximum Gasteiger partial charge on any atom is 0.128 e. The Morgan fingerprint density at radius 1 is 1.21 bits per heavy atom. The first-order valence-corrected chi connectivity index (χ1v) is 4.90. The van der Waals surface area contributed by atoms with Crippen molar-refractivity contribution in [3.63, 3.8) is 0 Å². The Bertz CT molecular complexity index is 269. The smallest absolute Gasteiger partial charge is 0.128 e. The van der Waals surface area contributed by atoms with E-state index in [0.717, 1.165) is 5.56 Å². The molecule has 1 atom stereocenters. The number of phenolic OH excluding ortho intramolecular Hbond substituents is 1. The maximum atomic E-state index is 9.75. The van der Waals surface area contributed by atoms with Crippen molar-refractivity contribution < 1.29 is 15.5 Å². The van der Waals surface area contributed by atoms with Crippen molar-refractivity contribution in [1.82, 2.24) is 0 Å². The van der Waals surface area contributed by atoms with Crippen LogP contribution < -0.4 is 5.32 Å². The normalized spacial score (nSPS) is 13.1. The quantitative estimate of drug-likeness (QED) is 0.653. The van der Waals surface area contributed by atoms with E-state index in [2.05, 4.69) is 19.2 Å². The number of hydrogen-bond acceptors (Lipinski definition) is 2. The Labute approximate surface area is 84.4 Å². The van der Waals surface area contributed by atoms with Gasteiger partial charge in [-0.1, -0.05) is 12.1 Å². The van der Waals surface area contributed by atoms with Crippen LogP contribution in [0.3, 0.4) is 0 Å². The lowest BCUT2D eigenvalue weighted by Crippen LogP contribution is -2.89. The fraction of sp³-hybridized carbons (Fsp3) is 0.455. The van der Waals surface area contributed by atoms with Gasteiger partial charge in [0.2, 0.25) is 0 Å². The summed E-state index contributed by atoms with van der Waals surface area (Å²) in [4.78, 5) is 0. The molecule has 0 heterocycles. The number of rotatable bonds is 4. The Kier molecular flexibility index (Phi) is 3.92. The second-order valence-electron chi connectivity index (χ2n) is 3.82. The molecule has 0 aromatic heterocycles. The highest BCUT2D eigenvalue weighted by atomic mass is 16.3. The number of quaternary nitrogens is 1. The fourth-order valence-electron chi connectivity index (χ4n) is 1.23. The van der Waals surface area contributed by atoms with Gasteiger partial charge in [-0.3, -0.25) is 0 Å². The van der Waals surface area contributed by atoms with E-state index in [4.69, 9.17) is 5.11 Å². The van der Waals surface area contributed by atoms with Crippen molar-refractivity contribution in [2.24, 2.45) is 0 Å².